The highest BCUT2D eigenvalue weighted by atomic mass is 79.9. The van der Waals surface area contributed by atoms with Crippen LogP contribution in [0.25, 0.3) is 0 Å². The summed E-state index contributed by atoms with van der Waals surface area (Å²) in [6.45, 7) is 1.54. The zero-order chi connectivity index (χ0) is 19.3. The SMILES string of the molecule is COC(=O)c1ccc(CNC(=O)C2(c3ccc(Br)cc3)CCOCC2)cc1. The fraction of sp³-hybridized carbons (Fsp3) is 0.333. The maximum atomic E-state index is 13.1. The van der Waals surface area contributed by atoms with Gasteiger partial charge in [-0.15, -0.1) is 0 Å². The number of carbonyl (C=O) groups excluding carboxylic acids is 2. The van der Waals surface area contributed by atoms with Gasteiger partial charge in [0.25, 0.3) is 0 Å². The second-order valence-electron chi connectivity index (χ2n) is 6.57. The van der Waals surface area contributed by atoms with Crippen LogP contribution in [0, 0.1) is 0 Å². The van der Waals surface area contributed by atoms with E-state index in [1.165, 1.54) is 7.11 Å². The highest BCUT2D eigenvalue weighted by Gasteiger charge is 2.41. The zero-order valence-electron chi connectivity index (χ0n) is 15.2. The molecule has 2 aromatic carbocycles. The molecule has 1 aliphatic rings. The lowest BCUT2D eigenvalue weighted by molar-refractivity contribution is -0.130. The van der Waals surface area contributed by atoms with Gasteiger partial charge < -0.3 is 14.8 Å². The largest absolute Gasteiger partial charge is 0.465 e. The lowest BCUT2D eigenvalue weighted by Gasteiger charge is -2.36. The average Bonchev–Trinajstić information content (AvgIpc) is 2.72. The van der Waals surface area contributed by atoms with Crippen molar-refractivity contribution in [2.75, 3.05) is 20.3 Å². The number of nitrogens with one attached hydrogen (secondary N) is 1. The van der Waals surface area contributed by atoms with E-state index in [1.807, 2.05) is 36.4 Å². The molecule has 27 heavy (non-hydrogen) atoms. The number of rotatable bonds is 5. The van der Waals surface area contributed by atoms with Crippen LogP contribution in [-0.2, 0) is 26.2 Å². The number of carbonyl (C=O) groups is 2. The molecule has 0 radical (unpaired) electrons. The standard InChI is InChI=1S/C21H22BrNO4/c1-26-19(24)16-4-2-15(3-5-16)14-23-20(25)21(10-12-27-13-11-21)17-6-8-18(22)9-7-17/h2-9H,10-14H2,1H3,(H,23,25). The van der Waals surface area contributed by atoms with Crippen LogP contribution in [-0.4, -0.2) is 32.2 Å². The predicted molar refractivity (Wildman–Crippen MR) is 106 cm³/mol. The highest BCUT2D eigenvalue weighted by molar-refractivity contribution is 9.10. The van der Waals surface area contributed by atoms with Gasteiger partial charge in [-0.3, -0.25) is 4.79 Å². The number of methoxy groups -OCH3 is 1. The van der Waals surface area contributed by atoms with E-state index in [0.29, 0.717) is 38.2 Å². The molecule has 1 aliphatic heterocycles. The van der Waals surface area contributed by atoms with E-state index in [9.17, 15) is 9.59 Å². The van der Waals surface area contributed by atoms with Crippen LogP contribution in [0.2, 0.25) is 0 Å². The van der Waals surface area contributed by atoms with E-state index in [2.05, 4.69) is 21.2 Å². The smallest absolute Gasteiger partial charge is 0.337 e. The molecule has 1 amide bonds. The van der Waals surface area contributed by atoms with E-state index in [-0.39, 0.29) is 11.9 Å². The van der Waals surface area contributed by atoms with Gasteiger partial charge in [0.2, 0.25) is 5.91 Å². The number of amides is 1. The lowest BCUT2D eigenvalue weighted by atomic mass is 9.73. The summed E-state index contributed by atoms with van der Waals surface area (Å²) in [4.78, 5) is 24.7. The van der Waals surface area contributed by atoms with Crippen LogP contribution in [0.5, 0.6) is 0 Å². The van der Waals surface area contributed by atoms with E-state index >= 15 is 0 Å². The Kier molecular flexibility index (Phi) is 6.29. The van der Waals surface area contributed by atoms with Gasteiger partial charge >= 0.3 is 5.97 Å². The van der Waals surface area contributed by atoms with Gasteiger partial charge in [0, 0.05) is 24.2 Å². The molecule has 1 heterocycles. The third-order valence-corrected chi connectivity index (χ3v) is 5.53. The second-order valence-corrected chi connectivity index (χ2v) is 7.49. The fourth-order valence-electron chi connectivity index (χ4n) is 3.36. The Labute approximate surface area is 167 Å². The Morgan fingerprint density at radius 2 is 1.70 bits per heavy atom. The molecule has 0 atom stereocenters. The van der Waals surface area contributed by atoms with Crippen molar-refractivity contribution in [3.05, 3.63) is 69.7 Å². The summed E-state index contributed by atoms with van der Waals surface area (Å²) in [6, 6.07) is 15.0. The summed E-state index contributed by atoms with van der Waals surface area (Å²) in [7, 11) is 1.35. The van der Waals surface area contributed by atoms with Gasteiger partial charge in [0.1, 0.15) is 0 Å². The molecular formula is C21H22BrNO4. The highest BCUT2D eigenvalue weighted by Crippen LogP contribution is 2.35. The summed E-state index contributed by atoms with van der Waals surface area (Å²) < 4.78 is 11.2. The van der Waals surface area contributed by atoms with Gasteiger partial charge in [-0.2, -0.15) is 0 Å². The van der Waals surface area contributed by atoms with E-state index in [1.54, 1.807) is 12.1 Å². The van der Waals surface area contributed by atoms with E-state index in [0.717, 1.165) is 15.6 Å². The van der Waals surface area contributed by atoms with Crippen LogP contribution < -0.4 is 5.32 Å². The molecule has 5 nitrogen and oxygen atoms in total. The van der Waals surface area contributed by atoms with Crippen molar-refractivity contribution in [3.8, 4) is 0 Å². The first-order chi connectivity index (χ1) is 13.0. The maximum absolute atomic E-state index is 13.1. The number of esters is 1. The van der Waals surface area contributed by atoms with Crippen LogP contribution in [0.1, 0.15) is 34.3 Å². The quantitative estimate of drug-likeness (QED) is 0.734. The Bertz CT molecular complexity index is 796. The van der Waals surface area contributed by atoms with Crippen molar-refractivity contribution >= 4 is 27.8 Å². The molecule has 3 rings (SSSR count). The molecule has 2 aromatic rings. The van der Waals surface area contributed by atoms with Gasteiger partial charge in [0.05, 0.1) is 18.1 Å². The summed E-state index contributed by atoms with van der Waals surface area (Å²) in [5, 5.41) is 3.06. The topological polar surface area (TPSA) is 64.6 Å². The number of ether oxygens (including phenoxy) is 2. The molecule has 1 fully saturated rings. The van der Waals surface area contributed by atoms with Gasteiger partial charge in [-0.25, -0.2) is 4.79 Å². The predicted octanol–water partition coefficient (Wildman–Crippen LogP) is 3.60. The monoisotopic (exact) mass is 431 g/mol. The van der Waals surface area contributed by atoms with Crippen molar-refractivity contribution in [2.24, 2.45) is 0 Å². The van der Waals surface area contributed by atoms with E-state index in [4.69, 9.17) is 9.47 Å². The zero-order valence-corrected chi connectivity index (χ0v) is 16.8. The van der Waals surface area contributed by atoms with Crippen molar-refractivity contribution in [2.45, 2.75) is 24.8 Å². The second kappa shape index (κ2) is 8.67. The summed E-state index contributed by atoms with van der Waals surface area (Å²) in [5.74, 6) is -0.368. The minimum Gasteiger partial charge on any atom is -0.465 e. The third-order valence-electron chi connectivity index (χ3n) is 5.01. The Hall–Kier alpha value is -2.18. The summed E-state index contributed by atoms with van der Waals surface area (Å²) in [6.07, 6.45) is 1.31. The Balaban J connectivity index is 1.73. The summed E-state index contributed by atoms with van der Waals surface area (Å²) in [5.41, 5.74) is 1.84. The molecule has 6 heteroatoms. The van der Waals surface area contributed by atoms with Crippen molar-refractivity contribution in [1.29, 1.82) is 0 Å². The number of hydrogen-bond acceptors (Lipinski definition) is 4. The Morgan fingerprint density at radius 3 is 2.30 bits per heavy atom. The Morgan fingerprint density at radius 1 is 1.07 bits per heavy atom. The molecule has 0 aromatic heterocycles. The van der Waals surface area contributed by atoms with Crippen molar-refractivity contribution in [1.82, 2.24) is 5.32 Å². The van der Waals surface area contributed by atoms with Crippen molar-refractivity contribution in [3.63, 3.8) is 0 Å². The van der Waals surface area contributed by atoms with E-state index < -0.39 is 5.41 Å². The summed E-state index contributed by atoms with van der Waals surface area (Å²) >= 11 is 3.45. The first-order valence-electron chi connectivity index (χ1n) is 8.84. The molecular weight excluding hydrogens is 410 g/mol. The molecule has 1 saturated heterocycles. The molecule has 0 spiro atoms. The minimum absolute atomic E-state index is 0.00478. The first-order valence-corrected chi connectivity index (χ1v) is 9.64. The first kappa shape index (κ1) is 19.6. The number of halogens is 1. The average molecular weight is 432 g/mol. The molecule has 142 valence electrons. The fourth-order valence-corrected chi connectivity index (χ4v) is 3.63. The molecule has 0 bridgehead atoms. The van der Waals surface area contributed by atoms with Crippen LogP contribution in [0.15, 0.2) is 53.0 Å². The van der Waals surface area contributed by atoms with Gasteiger partial charge in [-0.1, -0.05) is 40.2 Å². The van der Waals surface area contributed by atoms with Crippen LogP contribution in [0.4, 0.5) is 0 Å². The third kappa shape index (κ3) is 4.39. The normalized spacial score (nSPS) is 15.8. The molecule has 0 unspecified atom stereocenters. The van der Waals surface area contributed by atoms with Crippen molar-refractivity contribution < 1.29 is 19.1 Å². The molecule has 0 saturated carbocycles. The molecule has 0 aliphatic carbocycles. The maximum Gasteiger partial charge on any atom is 0.337 e. The van der Waals surface area contributed by atoms with Gasteiger partial charge in [-0.05, 0) is 48.2 Å². The lowest BCUT2D eigenvalue weighted by Crippen LogP contribution is -2.47. The van der Waals surface area contributed by atoms with Crippen LogP contribution in [0.3, 0.4) is 0 Å². The minimum atomic E-state index is -0.578. The number of hydrogen-bond donors (Lipinski definition) is 1. The van der Waals surface area contributed by atoms with Crippen LogP contribution >= 0.6 is 15.9 Å². The molecule has 1 N–H and O–H groups in total. The van der Waals surface area contributed by atoms with Gasteiger partial charge in [0.15, 0.2) is 0 Å². The number of benzene rings is 2.